The maximum atomic E-state index is 13.0. The summed E-state index contributed by atoms with van der Waals surface area (Å²) in [5.41, 5.74) is 2.20. The van der Waals surface area contributed by atoms with Crippen LogP contribution >= 0.6 is 0 Å². The number of carbonyl (C=O) groups is 2. The molecule has 0 fully saturated rings. The molecular formula is C18H21N3O3. The Morgan fingerprint density at radius 3 is 2.79 bits per heavy atom. The van der Waals surface area contributed by atoms with Crippen molar-refractivity contribution in [2.45, 2.75) is 32.9 Å². The van der Waals surface area contributed by atoms with Crippen LogP contribution in [-0.4, -0.2) is 34.8 Å². The van der Waals surface area contributed by atoms with Gasteiger partial charge >= 0.3 is 5.97 Å². The van der Waals surface area contributed by atoms with Crippen LogP contribution in [0.3, 0.4) is 0 Å². The molecule has 1 aliphatic rings. The van der Waals surface area contributed by atoms with Gasteiger partial charge in [-0.3, -0.25) is 14.4 Å². The molecule has 0 saturated heterocycles. The number of fused-ring (bicyclic) bond motifs is 1. The fourth-order valence-electron chi connectivity index (χ4n) is 3.05. The first kappa shape index (κ1) is 16.2. The van der Waals surface area contributed by atoms with Crippen molar-refractivity contribution in [3.05, 3.63) is 47.8 Å². The zero-order valence-electron chi connectivity index (χ0n) is 14.1. The van der Waals surface area contributed by atoms with E-state index in [4.69, 9.17) is 4.74 Å². The molecule has 2 heterocycles. The summed E-state index contributed by atoms with van der Waals surface area (Å²) in [6, 6.07) is 6.92. The Labute approximate surface area is 141 Å². The number of carbonyl (C=O) groups excluding carboxylic acids is 2. The number of para-hydroxylation sites is 1. The monoisotopic (exact) mass is 327 g/mol. The maximum absolute atomic E-state index is 13.0. The summed E-state index contributed by atoms with van der Waals surface area (Å²) in [6.07, 6.45) is 3.76. The average molecular weight is 327 g/mol. The lowest BCUT2D eigenvalue weighted by molar-refractivity contribution is -0.141. The van der Waals surface area contributed by atoms with Gasteiger partial charge < -0.3 is 4.74 Å². The fourth-order valence-corrected chi connectivity index (χ4v) is 3.05. The molecule has 1 aromatic carbocycles. The molecule has 3 rings (SSSR count). The standard InChI is InChI=1S/C18H21N3O3/c1-12(2)10-20-11-14(9-19-20)17(22)21-15-7-5-4-6-13(15)8-16(21)18(23)24-3/h4-7,9,11-12,16H,8,10H2,1-3H3/t16-/m0/s1. The van der Waals surface area contributed by atoms with Crippen LogP contribution in [0, 0.1) is 5.92 Å². The molecule has 0 spiro atoms. The number of rotatable bonds is 4. The van der Waals surface area contributed by atoms with Crippen molar-refractivity contribution in [2.24, 2.45) is 5.92 Å². The molecule has 0 bridgehead atoms. The summed E-state index contributed by atoms with van der Waals surface area (Å²) in [5.74, 6) is -0.206. The van der Waals surface area contributed by atoms with E-state index >= 15 is 0 Å². The van der Waals surface area contributed by atoms with Gasteiger partial charge in [-0.1, -0.05) is 32.0 Å². The van der Waals surface area contributed by atoms with Crippen molar-refractivity contribution < 1.29 is 14.3 Å². The first-order chi connectivity index (χ1) is 11.5. The molecule has 1 aliphatic heterocycles. The zero-order chi connectivity index (χ0) is 17.3. The Morgan fingerprint density at radius 1 is 1.33 bits per heavy atom. The highest BCUT2D eigenvalue weighted by atomic mass is 16.5. The maximum Gasteiger partial charge on any atom is 0.329 e. The van der Waals surface area contributed by atoms with Gasteiger partial charge in [0.1, 0.15) is 6.04 Å². The number of esters is 1. The van der Waals surface area contributed by atoms with Crippen LogP contribution in [0.1, 0.15) is 29.8 Å². The Morgan fingerprint density at radius 2 is 2.08 bits per heavy atom. The van der Waals surface area contributed by atoms with Gasteiger partial charge in [0.2, 0.25) is 0 Å². The first-order valence-corrected chi connectivity index (χ1v) is 8.03. The van der Waals surface area contributed by atoms with E-state index in [1.54, 1.807) is 17.1 Å². The van der Waals surface area contributed by atoms with E-state index in [0.29, 0.717) is 17.9 Å². The van der Waals surface area contributed by atoms with E-state index in [1.807, 2.05) is 24.3 Å². The summed E-state index contributed by atoms with van der Waals surface area (Å²) >= 11 is 0. The Hall–Kier alpha value is -2.63. The van der Waals surface area contributed by atoms with E-state index in [2.05, 4.69) is 18.9 Å². The molecule has 0 radical (unpaired) electrons. The second-order valence-electron chi connectivity index (χ2n) is 6.39. The molecule has 1 aromatic heterocycles. The first-order valence-electron chi connectivity index (χ1n) is 8.03. The number of methoxy groups -OCH3 is 1. The van der Waals surface area contributed by atoms with E-state index in [0.717, 1.165) is 17.8 Å². The third-order valence-corrected chi connectivity index (χ3v) is 4.10. The topological polar surface area (TPSA) is 64.4 Å². The van der Waals surface area contributed by atoms with E-state index in [1.165, 1.54) is 12.0 Å². The van der Waals surface area contributed by atoms with Crippen LogP contribution in [0.25, 0.3) is 0 Å². The van der Waals surface area contributed by atoms with Gasteiger partial charge in [-0.25, -0.2) is 4.79 Å². The fraction of sp³-hybridized carbons (Fsp3) is 0.389. The molecule has 2 aromatic rings. The number of ether oxygens (including phenoxy) is 1. The molecule has 0 aliphatic carbocycles. The molecule has 0 unspecified atom stereocenters. The minimum atomic E-state index is -0.631. The molecular weight excluding hydrogens is 306 g/mol. The van der Waals surface area contributed by atoms with E-state index < -0.39 is 12.0 Å². The van der Waals surface area contributed by atoms with Gasteiger partial charge in [-0.15, -0.1) is 0 Å². The van der Waals surface area contributed by atoms with Gasteiger partial charge in [0, 0.05) is 24.8 Å². The predicted molar refractivity (Wildman–Crippen MR) is 89.8 cm³/mol. The molecule has 1 atom stereocenters. The van der Waals surface area contributed by atoms with Crippen LogP contribution in [0.2, 0.25) is 0 Å². The van der Waals surface area contributed by atoms with Gasteiger partial charge in [0.25, 0.3) is 5.91 Å². The lowest BCUT2D eigenvalue weighted by Gasteiger charge is -2.23. The third kappa shape index (κ3) is 2.91. The third-order valence-electron chi connectivity index (χ3n) is 4.10. The number of aromatic nitrogens is 2. The van der Waals surface area contributed by atoms with Crippen LogP contribution in [0.15, 0.2) is 36.7 Å². The highest BCUT2D eigenvalue weighted by Crippen LogP contribution is 2.33. The highest BCUT2D eigenvalue weighted by Gasteiger charge is 2.39. The van der Waals surface area contributed by atoms with Crippen LogP contribution < -0.4 is 4.90 Å². The largest absolute Gasteiger partial charge is 0.467 e. The Balaban J connectivity index is 1.93. The normalized spacial score (nSPS) is 16.3. The Bertz CT molecular complexity index is 766. The molecule has 1 amide bonds. The van der Waals surface area contributed by atoms with Crippen molar-refractivity contribution in [3.63, 3.8) is 0 Å². The van der Waals surface area contributed by atoms with Gasteiger partial charge in [-0.2, -0.15) is 5.10 Å². The van der Waals surface area contributed by atoms with Crippen molar-refractivity contribution in [2.75, 3.05) is 12.0 Å². The molecule has 126 valence electrons. The average Bonchev–Trinajstić information content (AvgIpc) is 3.17. The molecule has 6 heteroatoms. The lowest BCUT2D eigenvalue weighted by Crippen LogP contribution is -2.43. The summed E-state index contributed by atoms with van der Waals surface area (Å²) in [4.78, 5) is 26.7. The minimum Gasteiger partial charge on any atom is -0.467 e. The van der Waals surface area contributed by atoms with Crippen molar-refractivity contribution >= 4 is 17.6 Å². The quantitative estimate of drug-likeness (QED) is 0.808. The second kappa shape index (κ2) is 6.47. The van der Waals surface area contributed by atoms with Gasteiger partial charge in [0.05, 0.1) is 18.9 Å². The SMILES string of the molecule is COC(=O)[C@@H]1Cc2ccccc2N1C(=O)c1cnn(CC(C)C)c1. The van der Waals surface area contributed by atoms with Gasteiger partial charge in [-0.05, 0) is 17.5 Å². The highest BCUT2D eigenvalue weighted by molar-refractivity contribution is 6.10. The number of nitrogens with zero attached hydrogens (tertiary/aromatic N) is 3. The molecule has 0 N–H and O–H groups in total. The van der Waals surface area contributed by atoms with Gasteiger partial charge in [0.15, 0.2) is 0 Å². The van der Waals surface area contributed by atoms with Crippen LogP contribution in [0.5, 0.6) is 0 Å². The summed E-state index contributed by atoms with van der Waals surface area (Å²) < 4.78 is 6.64. The number of benzene rings is 1. The summed E-state index contributed by atoms with van der Waals surface area (Å²) in [5, 5.41) is 4.25. The van der Waals surface area contributed by atoms with E-state index in [-0.39, 0.29) is 5.91 Å². The van der Waals surface area contributed by atoms with E-state index in [9.17, 15) is 9.59 Å². The number of anilines is 1. The molecule has 24 heavy (non-hydrogen) atoms. The van der Waals surface area contributed by atoms with Crippen molar-refractivity contribution in [3.8, 4) is 0 Å². The molecule has 6 nitrogen and oxygen atoms in total. The number of amides is 1. The van der Waals surface area contributed by atoms with Crippen LogP contribution in [-0.2, 0) is 22.5 Å². The Kier molecular flexibility index (Phi) is 4.38. The second-order valence-corrected chi connectivity index (χ2v) is 6.39. The van der Waals surface area contributed by atoms with Crippen LogP contribution in [0.4, 0.5) is 5.69 Å². The molecule has 0 saturated carbocycles. The zero-order valence-corrected chi connectivity index (χ0v) is 14.1. The number of hydrogen-bond donors (Lipinski definition) is 0. The van der Waals surface area contributed by atoms with Crippen molar-refractivity contribution in [1.82, 2.24) is 9.78 Å². The smallest absolute Gasteiger partial charge is 0.329 e. The number of hydrogen-bond acceptors (Lipinski definition) is 4. The minimum absolute atomic E-state index is 0.231. The van der Waals surface area contributed by atoms with Crippen molar-refractivity contribution in [1.29, 1.82) is 0 Å². The predicted octanol–water partition coefficient (Wildman–Crippen LogP) is 2.28. The lowest BCUT2D eigenvalue weighted by atomic mass is 10.1. The summed E-state index contributed by atoms with van der Waals surface area (Å²) in [7, 11) is 1.34. The summed E-state index contributed by atoms with van der Waals surface area (Å²) in [6.45, 7) is 4.92.